The summed E-state index contributed by atoms with van der Waals surface area (Å²) in [5.41, 5.74) is 0. The van der Waals surface area contributed by atoms with Gasteiger partial charge in [-0.05, 0) is 0 Å². The highest BCUT2D eigenvalue weighted by Crippen LogP contribution is 2.25. The predicted octanol–water partition coefficient (Wildman–Crippen LogP) is -0.305. The molecule has 1 saturated heterocycles. The van der Waals surface area contributed by atoms with Crippen molar-refractivity contribution in [3.63, 3.8) is 0 Å². The van der Waals surface area contributed by atoms with Crippen molar-refractivity contribution in [3.8, 4) is 0 Å². The number of rotatable bonds is 1. The Labute approximate surface area is 103 Å². The maximum absolute atomic E-state index is 11.8. The molecule has 0 aromatic heterocycles. The van der Waals surface area contributed by atoms with E-state index in [1.54, 1.807) is 11.9 Å². The van der Waals surface area contributed by atoms with Crippen LogP contribution in [0.2, 0.25) is 0 Å². The van der Waals surface area contributed by atoms with Crippen LogP contribution in [0.25, 0.3) is 0 Å². The van der Waals surface area contributed by atoms with Crippen molar-refractivity contribution in [1.82, 2.24) is 9.80 Å². The molecule has 1 fully saturated rings. The maximum Gasteiger partial charge on any atom is 0.268 e. The SMILES string of the molecule is CC(=O)SC1CC(=O)N(C2=NC(=O)CN2C)C1. The Morgan fingerprint density at radius 1 is 1.47 bits per heavy atom. The monoisotopic (exact) mass is 255 g/mol. The first-order valence-electron chi connectivity index (χ1n) is 5.27. The molecule has 0 N–H and O–H groups in total. The Hall–Kier alpha value is -1.37. The summed E-state index contributed by atoms with van der Waals surface area (Å²) < 4.78 is 0. The second-order valence-corrected chi connectivity index (χ2v) is 5.58. The maximum atomic E-state index is 11.8. The number of carbonyl (C=O) groups is 3. The zero-order valence-electron chi connectivity index (χ0n) is 9.67. The van der Waals surface area contributed by atoms with Crippen LogP contribution >= 0.6 is 11.8 Å². The van der Waals surface area contributed by atoms with Crippen molar-refractivity contribution >= 4 is 34.7 Å². The molecule has 0 aliphatic carbocycles. The lowest BCUT2D eigenvalue weighted by molar-refractivity contribution is -0.124. The minimum absolute atomic E-state index is 0.00226. The summed E-state index contributed by atoms with van der Waals surface area (Å²) in [5.74, 6) is 0.0914. The average Bonchev–Trinajstić information content (AvgIpc) is 2.69. The Morgan fingerprint density at radius 3 is 2.71 bits per heavy atom. The molecule has 0 bridgehead atoms. The van der Waals surface area contributed by atoms with Gasteiger partial charge in [0, 0.05) is 32.2 Å². The first-order valence-corrected chi connectivity index (χ1v) is 6.15. The second kappa shape index (κ2) is 4.48. The van der Waals surface area contributed by atoms with Gasteiger partial charge in [0.1, 0.15) is 6.54 Å². The number of amides is 2. The van der Waals surface area contributed by atoms with Crippen LogP contribution in [0.4, 0.5) is 0 Å². The summed E-state index contributed by atoms with van der Waals surface area (Å²) in [6.07, 6.45) is 0.325. The van der Waals surface area contributed by atoms with Gasteiger partial charge in [0.05, 0.1) is 0 Å². The minimum Gasteiger partial charge on any atom is -0.336 e. The van der Waals surface area contributed by atoms with Crippen molar-refractivity contribution in [2.45, 2.75) is 18.6 Å². The number of carbonyl (C=O) groups excluding carboxylic acids is 3. The Bertz CT molecular complexity index is 421. The topological polar surface area (TPSA) is 70.0 Å². The van der Waals surface area contributed by atoms with E-state index in [1.807, 2.05) is 0 Å². The van der Waals surface area contributed by atoms with Gasteiger partial charge in [0.2, 0.25) is 11.9 Å². The number of guanidine groups is 1. The van der Waals surface area contributed by atoms with E-state index in [0.717, 1.165) is 0 Å². The van der Waals surface area contributed by atoms with Crippen LogP contribution < -0.4 is 0 Å². The zero-order valence-corrected chi connectivity index (χ0v) is 10.5. The molecular weight excluding hydrogens is 242 g/mol. The normalized spacial score (nSPS) is 24.6. The summed E-state index contributed by atoms with van der Waals surface area (Å²) in [4.78, 5) is 40.9. The fourth-order valence-electron chi connectivity index (χ4n) is 1.95. The number of likely N-dealkylation sites (tertiary alicyclic amines) is 1. The van der Waals surface area contributed by atoms with Gasteiger partial charge in [-0.25, -0.2) is 0 Å². The van der Waals surface area contributed by atoms with Crippen molar-refractivity contribution in [2.75, 3.05) is 20.1 Å². The molecule has 1 unspecified atom stereocenters. The minimum atomic E-state index is -0.238. The first-order chi connectivity index (χ1) is 7.97. The van der Waals surface area contributed by atoms with Crippen LogP contribution in [0.5, 0.6) is 0 Å². The number of hydrogen-bond donors (Lipinski definition) is 0. The highest BCUT2D eigenvalue weighted by molar-refractivity contribution is 8.14. The summed E-state index contributed by atoms with van der Waals surface area (Å²) in [6, 6.07) is 0. The van der Waals surface area contributed by atoms with Crippen LogP contribution in [0.3, 0.4) is 0 Å². The summed E-state index contributed by atoms with van der Waals surface area (Å²) in [6.45, 7) is 2.14. The third kappa shape index (κ3) is 2.49. The van der Waals surface area contributed by atoms with Crippen LogP contribution in [0.1, 0.15) is 13.3 Å². The van der Waals surface area contributed by atoms with Crippen molar-refractivity contribution in [2.24, 2.45) is 4.99 Å². The van der Waals surface area contributed by atoms with E-state index in [2.05, 4.69) is 4.99 Å². The zero-order chi connectivity index (χ0) is 12.6. The average molecular weight is 255 g/mol. The molecule has 17 heavy (non-hydrogen) atoms. The van der Waals surface area contributed by atoms with E-state index in [1.165, 1.54) is 23.6 Å². The molecule has 2 aliphatic heterocycles. The number of nitrogens with zero attached hydrogens (tertiary/aromatic N) is 3. The Kier molecular flexibility index (Phi) is 3.19. The molecule has 0 aromatic carbocycles. The molecule has 2 rings (SSSR count). The van der Waals surface area contributed by atoms with Gasteiger partial charge >= 0.3 is 0 Å². The van der Waals surface area contributed by atoms with Crippen molar-refractivity contribution in [3.05, 3.63) is 0 Å². The fourth-order valence-corrected chi connectivity index (χ4v) is 2.87. The molecule has 0 radical (unpaired) electrons. The van der Waals surface area contributed by atoms with E-state index in [0.29, 0.717) is 18.9 Å². The fraction of sp³-hybridized carbons (Fsp3) is 0.600. The molecular formula is C10H13N3O3S. The van der Waals surface area contributed by atoms with Gasteiger partial charge in [0.25, 0.3) is 5.91 Å². The van der Waals surface area contributed by atoms with E-state index in [9.17, 15) is 14.4 Å². The van der Waals surface area contributed by atoms with E-state index in [-0.39, 0.29) is 28.7 Å². The third-order valence-electron chi connectivity index (χ3n) is 2.60. The van der Waals surface area contributed by atoms with Gasteiger partial charge in [0.15, 0.2) is 5.12 Å². The van der Waals surface area contributed by atoms with Gasteiger partial charge in [-0.1, -0.05) is 11.8 Å². The lowest BCUT2D eigenvalue weighted by Crippen LogP contribution is -2.41. The molecule has 0 spiro atoms. The highest BCUT2D eigenvalue weighted by atomic mass is 32.2. The largest absolute Gasteiger partial charge is 0.336 e. The summed E-state index contributed by atoms with van der Waals surface area (Å²) in [5, 5.41) is -0.0331. The summed E-state index contributed by atoms with van der Waals surface area (Å²) >= 11 is 1.17. The van der Waals surface area contributed by atoms with Crippen molar-refractivity contribution < 1.29 is 14.4 Å². The van der Waals surface area contributed by atoms with Gasteiger partial charge in [-0.15, -0.1) is 0 Å². The lowest BCUT2D eigenvalue weighted by Gasteiger charge is -2.21. The summed E-state index contributed by atoms with van der Waals surface area (Å²) in [7, 11) is 1.72. The van der Waals surface area contributed by atoms with Gasteiger partial charge in [-0.3, -0.25) is 19.3 Å². The predicted molar refractivity (Wildman–Crippen MR) is 63.5 cm³/mol. The van der Waals surface area contributed by atoms with Crippen LogP contribution in [0.15, 0.2) is 4.99 Å². The Balaban J connectivity index is 2.08. The van der Waals surface area contributed by atoms with E-state index in [4.69, 9.17) is 0 Å². The van der Waals surface area contributed by atoms with Crippen LogP contribution in [-0.2, 0) is 14.4 Å². The first kappa shape index (κ1) is 12.1. The molecule has 2 amide bonds. The van der Waals surface area contributed by atoms with Crippen molar-refractivity contribution in [1.29, 1.82) is 0 Å². The van der Waals surface area contributed by atoms with Gasteiger partial charge in [-0.2, -0.15) is 4.99 Å². The lowest BCUT2D eigenvalue weighted by atomic mass is 10.4. The quantitative estimate of drug-likeness (QED) is 0.643. The Morgan fingerprint density at radius 2 is 2.18 bits per heavy atom. The number of likely N-dealkylation sites (N-methyl/N-ethyl adjacent to an activating group) is 1. The number of thioether (sulfide) groups is 1. The number of aliphatic imine (C=N–C) groups is 1. The molecule has 1 atom stereocenters. The van der Waals surface area contributed by atoms with Crippen LogP contribution in [-0.4, -0.2) is 58.1 Å². The smallest absolute Gasteiger partial charge is 0.268 e. The van der Waals surface area contributed by atoms with Crippen LogP contribution in [0, 0.1) is 0 Å². The second-order valence-electron chi connectivity index (χ2n) is 4.10. The molecule has 7 heteroatoms. The van der Waals surface area contributed by atoms with Gasteiger partial charge < -0.3 is 4.90 Å². The third-order valence-corrected chi connectivity index (χ3v) is 3.58. The van der Waals surface area contributed by atoms with E-state index < -0.39 is 0 Å². The molecule has 2 aliphatic rings. The highest BCUT2D eigenvalue weighted by Gasteiger charge is 2.37. The van der Waals surface area contributed by atoms with E-state index >= 15 is 0 Å². The standard InChI is InChI=1S/C10H13N3O3S/c1-6(14)17-7-3-9(16)13(4-7)10-11-8(15)5-12(10)2/h7H,3-5H2,1-2H3. The molecule has 0 saturated carbocycles. The molecule has 6 nitrogen and oxygen atoms in total. The molecule has 2 heterocycles. The molecule has 92 valence electrons. The number of hydrogen-bond acceptors (Lipinski definition) is 5. The molecule has 0 aromatic rings.